The SMILES string of the molecule is Cc1nc2cocnc-2n1. The zero-order valence-electron chi connectivity index (χ0n) is 5.40. The van der Waals surface area contributed by atoms with Crippen LogP contribution in [0.25, 0.3) is 11.5 Å². The molecule has 0 saturated carbocycles. The second-order valence-electron chi connectivity index (χ2n) is 1.97. The fraction of sp³-hybridized carbons (Fsp3) is 0.167. The van der Waals surface area contributed by atoms with Crippen LogP contribution in [-0.2, 0) is 0 Å². The summed E-state index contributed by atoms with van der Waals surface area (Å²) in [7, 11) is 0. The van der Waals surface area contributed by atoms with Crippen molar-refractivity contribution in [2.24, 2.45) is 0 Å². The zero-order chi connectivity index (χ0) is 6.97. The molecule has 0 N–H and O–H groups in total. The number of hydrogen-bond donors (Lipinski definition) is 0. The lowest BCUT2D eigenvalue weighted by molar-refractivity contribution is 0.527. The van der Waals surface area contributed by atoms with Crippen molar-refractivity contribution in [3.05, 3.63) is 18.5 Å². The molecule has 0 fully saturated rings. The van der Waals surface area contributed by atoms with Gasteiger partial charge in [-0.05, 0) is 6.92 Å². The van der Waals surface area contributed by atoms with Gasteiger partial charge in [-0.25, -0.2) is 9.97 Å². The molecule has 0 spiro atoms. The zero-order valence-corrected chi connectivity index (χ0v) is 5.40. The number of nitrogens with zero attached hydrogens (tertiary/aromatic N) is 3. The summed E-state index contributed by atoms with van der Waals surface area (Å²) in [5.74, 6) is 1.37. The predicted molar refractivity (Wildman–Crippen MR) is 33.5 cm³/mol. The van der Waals surface area contributed by atoms with E-state index in [1.54, 1.807) is 0 Å². The fourth-order valence-corrected chi connectivity index (χ4v) is 0.809. The maximum atomic E-state index is 4.79. The molecule has 2 aliphatic heterocycles. The Kier molecular flexibility index (Phi) is 0.943. The molecule has 0 atom stereocenters. The van der Waals surface area contributed by atoms with E-state index in [0.29, 0.717) is 11.5 Å². The largest absolute Gasteiger partial charge is 0.451 e. The maximum Gasteiger partial charge on any atom is 0.186 e. The Morgan fingerprint density at radius 3 is 3.10 bits per heavy atom. The monoisotopic (exact) mass is 135 g/mol. The van der Waals surface area contributed by atoms with Crippen molar-refractivity contribution in [3.63, 3.8) is 0 Å². The molecule has 0 radical (unpaired) electrons. The Morgan fingerprint density at radius 1 is 1.40 bits per heavy atom. The lowest BCUT2D eigenvalue weighted by Crippen LogP contribution is -1.80. The van der Waals surface area contributed by atoms with Gasteiger partial charge >= 0.3 is 0 Å². The van der Waals surface area contributed by atoms with Crippen molar-refractivity contribution in [1.82, 2.24) is 15.0 Å². The van der Waals surface area contributed by atoms with E-state index in [9.17, 15) is 0 Å². The first kappa shape index (κ1) is 5.34. The van der Waals surface area contributed by atoms with Crippen LogP contribution in [-0.4, -0.2) is 15.0 Å². The van der Waals surface area contributed by atoms with E-state index in [1.165, 1.54) is 12.7 Å². The number of aryl methyl sites for hydroxylation is 1. The van der Waals surface area contributed by atoms with Gasteiger partial charge in [-0.2, -0.15) is 4.98 Å². The minimum absolute atomic E-state index is 0.642. The minimum atomic E-state index is 0.642. The Labute approximate surface area is 57.3 Å². The van der Waals surface area contributed by atoms with Gasteiger partial charge in [0, 0.05) is 0 Å². The van der Waals surface area contributed by atoms with Gasteiger partial charge in [-0.3, -0.25) is 0 Å². The highest BCUT2D eigenvalue weighted by atomic mass is 16.3. The third kappa shape index (κ3) is 0.655. The number of imidazole rings is 1. The average Bonchev–Trinajstić information content (AvgIpc) is 2.27. The van der Waals surface area contributed by atoms with Gasteiger partial charge < -0.3 is 4.42 Å². The second-order valence-corrected chi connectivity index (χ2v) is 1.97. The summed E-state index contributed by atoms with van der Waals surface area (Å²) < 4.78 is 4.79. The highest BCUT2D eigenvalue weighted by molar-refractivity contribution is 5.47. The quantitative estimate of drug-likeness (QED) is 0.538. The molecule has 0 unspecified atom stereocenters. The Balaban J connectivity index is 2.76. The minimum Gasteiger partial charge on any atom is -0.451 e. The first-order valence-corrected chi connectivity index (χ1v) is 2.89. The summed E-state index contributed by atoms with van der Waals surface area (Å²) in [5.41, 5.74) is 0.708. The summed E-state index contributed by atoms with van der Waals surface area (Å²) in [4.78, 5) is 11.9. The van der Waals surface area contributed by atoms with Crippen LogP contribution >= 0.6 is 0 Å². The van der Waals surface area contributed by atoms with Crippen LogP contribution in [0.4, 0.5) is 0 Å². The standard InChI is InChI=1S/C6H5N3O/c1-4-8-5-2-10-3-7-6(5)9-4/h2-3H,1H3. The van der Waals surface area contributed by atoms with Gasteiger partial charge in [0.25, 0.3) is 0 Å². The van der Waals surface area contributed by atoms with Crippen LogP contribution in [0.15, 0.2) is 17.1 Å². The van der Waals surface area contributed by atoms with Gasteiger partial charge in [0.05, 0.1) is 0 Å². The van der Waals surface area contributed by atoms with Crippen molar-refractivity contribution in [2.75, 3.05) is 0 Å². The van der Waals surface area contributed by atoms with Crippen molar-refractivity contribution < 1.29 is 4.42 Å². The van der Waals surface area contributed by atoms with Crippen molar-refractivity contribution in [1.29, 1.82) is 0 Å². The molecule has 0 aliphatic carbocycles. The molecule has 0 aromatic heterocycles. The molecular formula is C6H5N3O. The van der Waals surface area contributed by atoms with Gasteiger partial charge in [0.1, 0.15) is 17.8 Å². The molecule has 10 heavy (non-hydrogen) atoms. The highest BCUT2D eigenvalue weighted by Gasteiger charge is 2.07. The summed E-state index contributed by atoms with van der Waals surface area (Å²) in [6.45, 7) is 1.82. The van der Waals surface area contributed by atoms with E-state index < -0.39 is 0 Å². The summed E-state index contributed by atoms with van der Waals surface area (Å²) in [6, 6.07) is 0. The molecule has 2 aliphatic rings. The number of hydrogen-bond acceptors (Lipinski definition) is 4. The number of fused-ring (bicyclic) bond motifs is 1. The normalized spacial score (nSPS) is 10.5. The topological polar surface area (TPSA) is 51.8 Å². The number of aromatic nitrogens is 3. The van der Waals surface area contributed by atoms with Crippen LogP contribution in [0.2, 0.25) is 0 Å². The summed E-state index contributed by atoms with van der Waals surface area (Å²) in [5, 5.41) is 0. The van der Waals surface area contributed by atoms with Gasteiger partial charge in [-0.15, -0.1) is 0 Å². The van der Waals surface area contributed by atoms with E-state index in [1.807, 2.05) is 6.92 Å². The Hall–Kier alpha value is -1.45. The maximum absolute atomic E-state index is 4.79. The van der Waals surface area contributed by atoms with Crippen LogP contribution < -0.4 is 0 Å². The van der Waals surface area contributed by atoms with Crippen LogP contribution in [0.3, 0.4) is 0 Å². The third-order valence-electron chi connectivity index (χ3n) is 1.19. The molecule has 0 aromatic carbocycles. The highest BCUT2D eigenvalue weighted by Crippen LogP contribution is 2.13. The summed E-state index contributed by atoms with van der Waals surface area (Å²) in [6.07, 6.45) is 2.87. The number of rotatable bonds is 0. The first-order chi connectivity index (χ1) is 4.86. The molecule has 50 valence electrons. The van der Waals surface area contributed by atoms with Crippen molar-refractivity contribution in [3.8, 4) is 11.5 Å². The van der Waals surface area contributed by atoms with Gasteiger partial charge in [0.2, 0.25) is 0 Å². The van der Waals surface area contributed by atoms with Crippen molar-refractivity contribution in [2.45, 2.75) is 6.92 Å². The van der Waals surface area contributed by atoms with Crippen LogP contribution in [0.5, 0.6) is 0 Å². The van der Waals surface area contributed by atoms with Gasteiger partial charge in [-0.1, -0.05) is 0 Å². The molecule has 2 heterocycles. The van der Waals surface area contributed by atoms with E-state index >= 15 is 0 Å². The first-order valence-electron chi connectivity index (χ1n) is 2.89. The second kappa shape index (κ2) is 1.76. The molecule has 2 rings (SSSR count). The molecule has 0 bridgehead atoms. The molecule has 0 saturated heterocycles. The predicted octanol–water partition coefficient (Wildman–Crippen LogP) is 0.878. The molecule has 0 aromatic rings. The van der Waals surface area contributed by atoms with E-state index in [-0.39, 0.29) is 0 Å². The lowest BCUT2D eigenvalue weighted by atomic mass is 10.5. The molecule has 0 amide bonds. The van der Waals surface area contributed by atoms with E-state index in [2.05, 4.69) is 15.0 Å². The lowest BCUT2D eigenvalue weighted by Gasteiger charge is -1.86. The van der Waals surface area contributed by atoms with Crippen LogP contribution in [0, 0.1) is 6.92 Å². The summed E-state index contributed by atoms with van der Waals surface area (Å²) >= 11 is 0. The van der Waals surface area contributed by atoms with Gasteiger partial charge in [0.15, 0.2) is 12.2 Å². The smallest absolute Gasteiger partial charge is 0.186 e. The Morgan fingerprint density at radius 2 is 2.30 bits per heavy atom. The van der Waals surface area contributed by atoms with Crippen LogP contribution in [0.1, 0.15) is 5.82 Å². The average molecular weight is 135 g/mol. The third-order valence-corrected chi connectivity index (χ3v) is 1.19. The van der Waals surface area contributed by atoms with E-state index in [0.717, 1.165) is 5.82 Å². The Bertz CT molecular complexity index is 287. The molecule has 4 heteroatoms. The molecular weight excluding hydrogens is 130 g/mol. The van der Waals surface area contributed by atoms with E-state index in [4.69, 9.17) is 4.42 Å². The fourth-order valence-electron chi connectivity index (χ4n) is 0.809. The van der Waals surface area contributed by atoms with Crippen molar-refractivity contribution >= 4 is 0 Å². The molecule has 4 nitrogen and oxygen atoms in total.